The summed E-state index contributed by atoms with van der Waals surface area (Å²) < 4.78 is 33.4. The highest BCUT2D eigenvalue weighted by molar-refractivity contribution is 7.92. The van der Waals surface area contributed by atoms with Crippen molar-refractivity contribution < 1.29 is 22.9 Å². The minimum absolute atomic E-state index is 0.0865. The summed E-state index contributed by atoms with van der Waals surface area (Å²) >= 11 is 0. The van der Waals surface area contributed by atoms with E-state index in [0.717, 1.165) is 0 Å². The van der Waals surface area contributed by atoms with E-state index in [1.54, 1.807) is 0 Å². The third-order valence-electron chi connectivity index (χ3n) is 3.34. The van der Waals surface area contributed by atoms with E-state index in [1.807, 2.05) is 34.9 Å². The van der Waals surface area contributed by atoms with Crippen LogP contribution in [0.2, 0.25) is 0 Å². The predicted octanol–water partition coefficient (Wildman–Crippen LogP) is 0.519. The van der Waals surface area contributed by atoms with Crippen molar-refractivity contribution in [3.8, 4) is 5.75 Å². The molecular weight excluding hydrogens is 320 g/mol. The Bertz CT molecular complexity index is 773. The molecule has 2 aromatic rings. The lowest BCUT2D eigenvalue weighted by atomic mass is 10.2. The lowest BCUT2D eigenvalue weighted by molar-refractivity contribution is -0.671. The molecule has 23 heavy (non-hydrogen) atoms. The fraction of sp³-hybridized carbons (Fsp3) is 0.357. The molecule has 126 valence electrons. The summed E-state index contributed by atoms with van der Waals surface area (Å²) in [5, 5.41) is 10.00. The Balaban J connectivity index is 2.03. The van der Waals surface area contributed by atoms with Crippen LogP contribution in [0.25, 0.3) is 0 Å². The maximum Gasteiger partial charge on any atom is 0.257 e. The zero-order chi connectivity index (χ0) is 17.0. The van der Waals surface area contributed by atoms with Gasteiger partial charge in [-0.15, -0.1) is 4.47 Å². The van der Waals surface area contributed by atoms with Crippen LogP contribution in [0.4, 0.5) is 11.4 Å². The lowest BCUT2D eigenvalue weighted by Gasteiger charge is -2.18. The van der Waals surface area contributed by atoms with Gasteiger partial charge in [0.25, 0.3) is 10.0 Å². The van der Waals surface area contributed by atoms with Gasteiger partial charge in [-0.1, -0.05) is 0 Å². The number of nitrogen functional groups attached to an aromatic ring is 1. The quantitative estimate of drug-likeness (QED) is 0.434. The van der Waals surface area contributed by atoms with Crippen LogP contribution in [0.15, 0.2) is 36.9 Å². The second-order valence-electron chi connectivity index (χ2n) is 5.16. The zero-order valence-corrected chi connectivity index (χ0v) is 13.9. The van der Waals surface area contributed by atoms with E-state index in [1.165, 1.54) is 25.3 Å². The first-order valence-corrected chi connectivity index (χ1v) is 8.61. The standard InChI is InChI=1S/C14H21N4O4S/c1-16-7-8-17(11-16)6-3-9-23(20,21)18(19)12-4-5-13(15)14(10-12)22-2/h4-5,7-8,10-11,19H,3,6,9,15H2,1-2H3/q+1. The number of benzene rings is 1. The highest BCUT2D eigenvalue weighted by Gasteiger charge is 2.22. The third kappa shape index (κ3) is 4.14. The van der Waals surface area contributed by atoms with Crippen LogP contribution in [0.3, 0.4) is 0 Å². The first kappa shape index (κ1) is 17.1. The van der Waals surface area contributed by atoms with Crippen LogP contribution >= 0.6 is 0 Å². The van der Waals surface area contributed by atoms with Gasteiger partial charge in [-0.25, -0.2) is 17.6 Å². The average Bonchev–Trinajstić information content (AvgIpc) is 2.92. The van der Waals surface area contributed by atoms with Crippen molar-refractivity contribution >= 4 is 21.4 Å². The van der Waals surface area contributed by atoms with Gasteiger partial charge in [0.15, 0.2) is 0 Å². The van der Waals surface area contributed by atoms with Gasteiger partial charge in [-0.2, -0.15) is 0 Å². The van der Waals surface area contributed by atoms with E-state index in [2.05, 4.69) is 0 Å². The molecule has 1 aromatic heterocycles. The van der Waals surface area contributed by atoms with Crippen molar-refractivity contribution in [2.45, 2.75) is 13.0 Å². The number of aromatic nitrogens is 2. The second-order valence-corrected chi connectivity index (χ2v) is 7.07. The van der Waals surface area contributed by atoms with Gasteiger partial charge in [0.05, 0.1) is 37.8 Å². The molecule has 0 bridgehead atoms. The number of methoxy groups -OCH3 is 1. The van der Waals surface area contributed by atoms with Gasteiger partial charge in [0.1, 0.15) is 18.1 Å². The number of nitrogens with two attached hydrogens (primary N) is 1. The molecule has 0 fully saturated rings. The van der Waals surface area contributed by atoms with Crippen LogP contribution in [-0.2, 0) is 23.6 Å². The van der Waals surface area contributed by atoms with Crippen LogP contribution in [0.1, 0.15) is 6.42 Å². The van der Waals surface area contributed by atoms with Gasteiger partial charge < -0.3 is 10.5 Å². The van der Waals surface area contributed by atoms with Crippen LogP contribution in [0.5, 0.6) is 5.75 Å². The van der Waals surface area contributed by atoms with Crippen LogP contribution < -0.4 is 19.5 Å². The molecule has 0 amide bonds. The third-order valence-corrected chi connectivity index (χ3v) is 4.89. The minimum Gasteiger partial charge on any atom is -0.495 e. The minimum atomic E-state index is -3.84. The molecule has 0 spiro atoms. The summed E-state index contributed by atoms with van der Waals surface area (Å²) in [6, 6.07) is 4.27. The number of ether oxygens (including phenoxy) is 1. The van der Waals surface area contributed by atoms with Crippen LogP contribution in [-0.4, -0.2) is 31.1 Å². The number of hydrogen-bond donors (Lipinski definition) is 2. The van der Waals surface area contributed by atoms with Gasteiger partial charge in [0, 0.05) is 12.5 Å². The first-order chi connectivity index (χ1) is 10.8. The van der Waals surface area contributed by atoms with Crippen LogP contribution in [0, 0.1) is 0 Å². The normalized spacial score (nSPS) is 11.4. The first-order valence-electron chi connectivity index (χ1n) is 7.00. The summed E-state index contributed by atoms with van der Waals surface area (Å²) in [6.45, 7) is 0.541. The highest BCUT2D eigenvalue weighted by Crippen LogP contribution is 2.28. The second kappa shape index (κ2) is 6.88. The number of sulfonamides is 1. The van der Waals surface area contributed by atoms with Crippen molar-refractivity contribution in [2.75, 3.05) is 23.1 Å². The maximum atomic E-state index is 12.2. The Labute approximate surface area is 135 Å². The highest BCUT2D eigenvalue weighted by atomic mass is 32.2. The SMILES string of the molecule is COc1cc(N(O)S(=O)(=O)CCCn2cc[n+](C)c2)ccc1N. The Morgan fingerprint density at radius 3 is 2.78 bits per heavy atom. The van der Waals surface area contributed by atoms with E-state index in [0.29, 0.717) is 24.4 Å². The smallest absolute Gasteiger partial charge is 0.257 e. The number of imidazole rings is 1. The van der Waals surface area contributed by atoms with E-state index in [-0.39, 0.29) is 15.9 Å². The van der Waals surface area contributed by atoms with Crippen molar-refractivity contribution in [1.29, 1.82) is 0 Å². The molecular formula is C14H21N4O4S+. The fourth-order valence-electron chi connectivity index (χ4n) is 2.13. The molecule has 0 saturated heterocycles. The fourth-order valence-corrected chi connectivity index (χ4v) is 3.23. The monoisotopic (exact) mass is 341 g/mol. The molecule has 0 aliphatic carbocycles. The molecule has 0 atom stereocenters. The topological polar surface area (TPSA) is 102 Å². The van der Waals surface area contributed by atoms with Gasteiger partial charge in [0.2, 0.25) is 6.33 Å². The van der Waals surface area contributed by atoms with Gasteiger partial charge in [-0.05, 0) is 12.1 Å². The summed E-state index contributed by atoms with van der Waals surface area (Å²) in [5.41, 5.74) is 6.13. The lowest BCUT2D eigenvalue weighted by Crippen LogP contribution is -2.30. The molecule has 1 aromatic carbocycles. The molecule has 0 radical (unpaired) electrons. The molecule has 0 saturated carbocycles. The molecule has 3 N–H and O–H groups in total. The Morgan fingerprint density at radius 1 is 1.43 bits per heavy atom. The predicted molar refractivity (Wildman–Crippen MR) is 85.7 cm³/mol. The molecule has 0 aliphatic rings. The van der Waals surface area contributed by atoms with E-state index < -0.39 is 10.0 Å². The van der Waals surface area contributed by atoms with E-state index >= 15 is 0 Å². The van der Waals surface area contributed by atoms with Crippen molar-refractivity contribution in [2.24, 2.45) is 7.05 Å². The van der Waals surface area contributed by atoms with E-state index in [9.17, 15) is 13.6 Å². The Hall–Kier alpha value is -2.26. The maximum absolute atomic E-state index is 12.2. The summed E-state index contributed by atoms with van der Waals surface area (Å²) in [4.78, 5) is 0. The molecule has 9 heteroatoms. The molecule has 0 unspecified atom stereocenters. The number of nitrogens with zero attached hydrogens (tertiary/aromatic N) is 3. The number of anilines is 2. The number of rotatable bonds is 7. The number of hydrogen-bond acceptors (Lipinski definition) is 5. The van der Waals surface area contributed by atoms with E-state index in [4.69, 9.17) is 10.5 Å². The zero-order valence-electron chi connectivity index (χ0n) is 13.1. The number of aryl methyl sites for hydroxylation is 2. The summed E-state index contributed by atoms with van der Waals surface area (Å²) in [7, 11) is -0.537. The molecule has 2 rings (SSSR count). The largest absolute Gasteiger partial charge is 0.495 e. The average molecular weight is 341 g/mol. The molecule has 0 aliphatic heterocycles. The van der Waals surface area contributed by atoms with Gasteiger partial charge >= 0.3 is 0 Å². The van der Waals surface area contributed by atoms with Crippen molar-refractivity contribution in [3.63, 3.8) is 0 Å². The van der Waals surface area contributed by atoms with Crippen molar-refractivity contribution in [3.05, 3.63) is 36.9 Å². The van der Waals surface area contributed by atoms with Crippen molar-refractivity contribution in [1.82, 2.24) is 4.57 Å². The van der Waals surface area contributed by atoms with Gasteiger partial charge in [-0.3, -0.25) is 5.21 Å². The Kier molecular flexibility index (Phi) is 5.12. The summed E-state index contributed by atoms with van der Waals surface area (Å²) in [5.74, 6) is 0.120. The molecule has 8 nitrogen and oxygen atoms in total. The molecule has 1 heterocycles. The summed E-state index contributed by atoms with van der Waals surface area (Å²) in [6.07, 6.45) is 5.95. The Morgan fingerprint density at radius 2 is 2.17 bits per heavy atom.